The Balaban J connectivity index is 1.82. The standard InChI is InChI=1S/C14H19N3O2/c1-8-4-11(9(2)19-8)13-7-16-14(17-13)12-5-10(18-3)6-15-12/h4,7,10,12,15H,5-6H2,1-3H3,(H,16,17). The Kier molecular flexibility index (Phi) is 3.16. The Hall–Kier alpha value is -1.59. The molecule has 1 aliphatic rings. The minimum atomic E-state index is 0.243. The lowest BCUT2D eigenvalue weighted by atomic mass is 10.2. The minimum absolute atomic E-state index is 0.243. The van der Waals surface area contributed by atoms with Gasteiger partial charge in [0.25, 0.3) is 0 Å². The van der Waals surface area contributed by atoms with Gasteiger partial charge in [-0.25, -0.2) is 4.98 Å². The van der Waals surface area contributed by atoms with Gasteiger partial charge in [-0.15, -0.1) is 0 Å². The normalized spacial score (nSPS) is 23.1. The van der Waals surface area contributed by atoms with Crippen molar-refractivity contribution in [1.82, 2.24) is 15.3 Å². The molecule has 3 heterocycles. The molecule has 0 aromatic carbocycles. The molecular weight excluding hydrogens is 242 g/mol. The Labute approximate surface area is 112 Å². The van der Waals surface area contributed by atoms with Gasteiger partial charge in [-0.05, 0) is 26.3 Å². The van der Waals surface area contributed by atoms with Crippen LogP contribution >= 0.6 is 0 Å². The quantitative estimate of drug-likeness (QED) is 0.890. The lowest BCUT2D eigenvalue weighted by molar-refractivity contribution is 0.117. The van der Waals surface area contributed by atoms with E-state index in [1.165, 1.54) is 0 Å². The molecule has 19 heavy (non-hydrogen) atoms. The van der Waals surface area contributed by atoms with Crippen LogP contribution in [0.1, 0.15) is 29.8 Å². The van der Waals surface area contributed by atoms with Crippen molar-refractivity contribution in [3.63, 3.8) is 0 Å². The molecule has 1 aliphatic heterocycles. The van der Waals surface area contributed by atoms with Crippen molar-refractivity contribution in [2.75, 3.05) is 13.7 Å². The van der Waals surface area contributed by atoms with E-state index >= 15 is 0 Å². The molecule has 2 aromatic heterocycles. The average molecular weight is 261 g/mol. The summed E-state index contributed by atoms with van der Waals surface area (Å²) in [6, 6.07) is 2.28. The van der Waals surface area contributed by atoms with Crippen LogP contribution in [0.25, 0.3) is 11.3 Å². The highest BCUT2D eigenvalue weighted by molar-refractivity contribution is 5.61. The molecule has 2 atom stereocenters. The third-order valence-corrected chi connectivity index (χ3v) is 3.68. The maximum absolute atomic E-state index is 5.55. The number of hydrogen-bond donors (Lipinski definition) is 2. The predicted octanol–water partition coefficient (Wildman–Crippen LogP) is 2.34. The summed E-state index contributed by atoms with van der Waals surface area (Å²) in [6.45, 7) is 4.80. The molecule has 0 bridgehead atoms. The smallest absolute Gasteiger partial charge is 0.123 e. The molecule has 1 fully saturated rings. The molecule has 3 rings (SSSR count). The van der Waals surface area contributed by atoms with Crippen molar-refractivity contribution in [1.29, 1.82) is 0 Å². The van der Waals surface area contributed by atoms with E-state index in [1.54, 1.807) is 7.11 Å². The fourth-order valence-electron chi connectivity index (χ4n) is 2.64. The number of hydrogen-bond acceptors (Lipinski definition) is 4. The Morgan fingerprint density at radius 1 is 1.42 bits per heavy atom. The molecule has 0 saturated carbocycles. The fraction of sp³-hybridized carbons (Fsp3) is 0.500. The number of methoxy groups -OCH3 is 1. The molecule has 5 heteroatoms. The van der Waals surface area contributed by atoms with Crippen LogP contribution in [0, 0.1) is 13.8 Å². The minimum Gasteiger partial charge on any atom is -0.466 e. The second kappa shape index (κ2) is 4.83. The van der Waals surface area contributed by atoms with Gasteiger partial charge in [0.2, 0.25) is 0 Å². The molecule has 0 spiro atoms. The third-order valence-electron chi connectivity index (χ3n) is 3.68. The van der Waals surface area contributed by atoms with Crippen molar-refractivity contribution in [3.8, 4) is 11.3 Å². The molecule has 2 unspecified atom stereocenters. The number of imidazole rings is 1. The van der Waals surface area contributed by atoms with Gasteiger partial charge in [-0.3, -0.25) is 0 Å². The van der Waals surface area contributed by atoms with Gasteiger partial charge >= 0.3 is 0 Å². The first kappa shape index (κ1) is 12.4. The summed E-state index contributed by atoms with van der Waals surface area (Å²) in [5.74, 6) is 2.80. The van der Waals surface area contributed by atoms with Gasteiger partial charge in [-0.2, -0.15) is 0 Å². The van der Waals surface area contributed by atoms with E-state index in [0.717, 1.165) is 41.6 Å². The van der Waals surface area contributed by atoms with E-state index < -0.39 is 0 Å². The van der Waals surface area contributed by atoms with Crippen molar-refractivity contribution < 1.29 is 9.15 Å². The van der Waals surface area contributed by atoms with Crippen LogP contribution in [0.5, 0.6) is 0 Å². The number of nitrogens with zero attached hydrogens (tertiary/aromatic N) is 1. The maximum atomic E-state index is 5.55. The first-order valence-electron chi connectivity index (χ1n) is 6.56. The largest absolute Gasteiger partial charge is 0.466 e. The Morgan fingerprint density at radius 3 is 2.89 bits per heavy atom. The number of rotatable bonds is 3. The summed E-state index contributed by atoms with van der Waals surface area (Å²) in [4.78, 5) is 7.86. The van der Waals surface area contributed by atoms with Crippen molar-refractivity contribution >= 4 is 0 Å². The number of aromatic nitrogens is 2. The highest BCUT2D eigenvalue weighted by Gasteiger charge is 2.27. The number of ether oxygens (including phenoxy) is 1. The number of nitrogens with one attached hydrogen (secondary N) is 2. The summed E-state index contributed by atoms with van der Waals surface area (Å²) in [5, 5.41) is 3.42. The van der Waals surface area contributed by atoms with Crippen molar-refractivity contribution in [3.05, 3.63) is 29.6 Å². The SMILES string of the molecule is COC1CNC(c2ncc(-c3cc(C)oc3C)[nH]2)C1. The zero-order chi connectivity index (χ0) is 13.4. The van der Waals surface area contributed by atoms with E-state index in [4.69, 9.17) is 9.15 Å². The lowest BCUT2D eigenvalue weighted by Gasteiger charge is -2.06. The molecule has 0 amide bonds. The van der Waals surface area contributed by atoms with Gasteiger partial charge in [0.05, 0.1) is 24.0 Å². The van der Waals surface area contributed by atoms with Crippen LogP contribution < -0.4 is 5.32 Å². The summed E-state index contributed by atoms with van der Waals surface area (Å²) < 4.78 is 10.9. The van der Waals surface area contributed by atoms with Crippen LogP contribution in [0.3, 0.4) is 0 Å². The average Bonchev–Trinajstić information content (AvgIpc) is 3.07. The third kappa shape index (κ3) is 2.31. The van der Waals surface area contributed by atoms with E-state index in [1.807, 2.05) is 26.1 Å². The van der Waals surface area contributed by atoms with Gasteiger partial charge in [0.1, 0.15) is 17.3 Å². The highest BCUT2D eigenvalue weighted by Crippen LogP contribution is 2.28. The summed E-state index contributed by atoms with van der Waals surface area (Å²) in [5.41, 5.74) is 2.09. The molecule has 2 aromatic rings. The predicted molar refractivity (Wildman–Crippen MR) is 71.9 cm³/mol. The maximum Gasteiger partial charge on any atom is 0.123 e. The Bertz CT molecular complexity index is 573. The summed E-state index contributed by atoms with van der Waals surface area (Å²) in [6.07, 6.45) is 3.10. The van der Waals surface area contributed by atoms with Crippen LogP contribution in [-0.2, 0) is 4.74 Å². The van der Waals surface area contributed by atoms with E-state index in [9.17, 15) is 0 Å². The van der Waals surface area contributed by atoms with E-state index in [2.05, 4.69) is 15.3 Å². The van der Waals surface area contributed by atoms with Crippen LogP contribution in [-0.4, -0.2) is 29.7 Å². The topological polar surface area (TPSA) is 63.1 Å². The van der Waals surface area contributed by atoms with E-state index in [-0.39, 0.29) is 12.1 Å². The Morgan fingerprint density at radius 2 is 2.26 bits per heavy atom. The van der Waals surface area contributed by atoms with Crippen LogP contribution in [0.2, 0.25) is 0 Å². The highest BCUT2D eigenvalue weighted by atomic mass is 16.5. The van der Waals surface area contributed by atoms with Gasteiger partial charge in [0, 0.05) is 19.2 Å². The number of H-pyrrole nitrogens is 1. The number of aromatic amines is 1. The zero-order valence-corrected chi connectivity index (χ0v) is 11.5. The number of aryl methyl sites for hydroxylation is 2. The molecule has 0 aliphatic carbocycles. The molecule has 2 N–H and O–H groups in total. The molecule has 5 nitrogen and oxygen atoms in total. The van der Waals surface area contributed by atoms with Gasteiger partial charge in [-0.1, -0.05) is 0 Å². The van der Waals surface area contributed by atoms with Crippen molar-refractivity contribution in [2.24, 2.45) is 0 Å². The summed E-state index contributed by atoms with van der Waals surface area (Å²) in [7, 11) is 1.75. The second-order valence-corrected chi connectivity index (χ2v) is 5.06. The number of furan rings is 1. The van der Waals surface area contributed by atoms with Crippen LogP contribution in [0.15, 0.2) is 16.7 Å². The van der Waals surface area contributed by atoms with Crippen molar-refractivity contribution in [2.45, 2.75) is 32.4 Å². The lowest BCUT2D eigenvalue weighted by Crippen LogP contribution is -2.16. The fourth-order valence-corrected chi connectivity index (χ4v) is 2.64. The molecule has 1 saturated heterocycles. The first-order valence-corrected chi connectivity index (χ1v) is 6.56. The monoisotopic (exact) mass is 261 g/mol. The van der Waals surface area contributed by atoms with Gasteiger partial charge < -0.3 is 19.5 Å². The first-order chi connectivity index (χ1) is 9.17. The van der Waals surface area contributed by atoms with E-state index in [0.29, 0.717) is 0 Å². The van der Waals surface area contributed by atoms with Gasteiger partial charge in [0.15, 0.2) is 0 Å². The molecular formula is C14H19N3O2. The second-order valence-electron chi connectivity index (χ2n) is 5.06. The molecule has 102 valence electrons. The summed E-state index contributed by atoms with van der Waals surface area (Å²) >= 11 is 0. The van der Waals surface area contributed by atoms with Crippen LogP contribution in [0.4, 0.5) is 0 Å². The zero-order valence-electron chi connectivity index (χ0n) is 11.5. The molecule has 0 radical (unpaired) electrons.